The molecule has 2 aliphatic rings. The van der Waals surface area contributed by atoms with Gasteiger partial charge in [0, 0.05) is 28.5 Å². The third-order valence-corrected chi connectivity index (χ3v) is 8.34. The zero-order chi connectivity index (χ0) is 33.1. The van der Waals surface area contributed by atoms with Crippen LogP contribution in [0.5, 0.6) is 11.5 Å². The van der Waals surface area contributed by atoms with E-state index in [9.17, 15) is 32.7 Å². The first-order valence-electron chi connectivity index (χ1n) is 14.5. The van der Waals surface area contributed by atoms with Crippen LogP contribution in [-0.4, -0.2) is 21.6 Å². The van der Waals surface area contributed by atoms with Gasteiger partial charge in [0.1, 0.15) is 29.2 Å². The smallest absolute Gasteiger partial charge is 0.416 e. The number of carbonyl (C=O) groups is 2. The molecule has 0 radical (unpaired) electrons. The van der Waals surface area contributed by atoms with Gasteiger partial charge in [0.15, 0.2) is 0 Å². The summed E-state index contributed by atoms with van der Waals surface area (Å²) in [5.74, 6) is -4.69. The van der Waals surface area contributed by atoms with Crippen molar-refractivity contribution in [3.05, 3.63) is 116 Å². The normalized spacial score (nSPS) is 17.9. The molecule has 2 atom stereocenters. The molecular weight excluding hydrogens is 611 g/mol. The highest BCUT2D eigenvalue weighted by molar-refractivity contribution is 5.85. The third kappa shape index (κ3) is 5.63. The summed E-state index contributed by atoms with van der Waals surface area (Å²) in [7, 11) is 0. The van der Waals surface area contributed by atoms with Gasteiger partial charge < -0.3 is 15.2 Å². The lowest BCUT2D eigenvalue weighted by Gasteiger charge is -2.26. The van der Waals surface area contributed by atoms with E-state index >= 15 is 8.78 Å². The molecule has 3 aromatic carbocycles. The molecule has 4 bridgehead atoms. The zero-order valence-electron chi connectivity index (χ0n) is 24.5. The Balaban J connectivity index is 1.64. The van der Waals surface area contributed by atoms with Gasteiger partial charge in [-0.1, -0.05) is 12.1 Å². The molecule has 7 nitrogen and oxygen atoms in total. The number of hydrogen-bond donors (Lipinski definition) is 2. The predicted molar refractivity (Wildman–Crippen MR) is 157 cm³/mol. The zero-order valence-corrected chi connectivity index (χ0v) is 24.5. The van der Waals surface area contributed by atoms with E-state index in [4.69, 9.17) is 4.74 Å². The summed E-state index contributed by atoms with van der Waals surface area (Å²) in [6.45, 7) is 3.26. The molecule has 6 rings (SSSR count). The summed E-state index contributed by atoms with van der Waals surface area (Å²) < 4.78 is 80.2. The van der Waals surface area contributed by atoms with Gasteiger partial charge in [-0.05, 0) is 91.8 Å². The second-order valence-corrected chi connectivity index (χ2v) is 11.6. The fourth-order valence-electron chi connectivity index (χ4n) is 6.08. The lowest BCUT2D eigenvalue weighted by Crippen LogP contribution is -2.41. The molecule has 1 aliphatic carbocycles. The molecule has 2 N–H and O–H groups in total. The Morgan fingerprint density at radius 3 is 2.41 bits per heavy atom. The Bertz CT molecular complexity index is 1960. The summed E-state index contributed by atoms with van der Waals surface area (Å²) in [6.07, 6.45) is -4.24. The Morgan fingerprint density at radius 1 is 1.00 bits per heavy atom. The van der Waals surface area contributed by atoms with Gasteiger partial charge in [-0.15, -0.1) is 0 Å². The van der Waals surface area contributed by atoms with Gasteiger partial charge in [-0.3, -0.25) is 19.0 Å². The number of alkyl halides is 3. The number of pyridine rings is 1. The van der Waals surface area contributed by atoms with Gasteiger partial charge in [-0.25, -0.2) is 8.78 Å². The van der Waals surface area contributed by atoms with Crippen LogP contribution in [0.15, 0.2) is 65.6 Å². The van der Waals surface area contributed by atoms with E-state index < -0.39 is 76.4 Å². The van der Waals surface area contributed by atoms with Crippen molar-refractivity contribution >= 4 is 11.9 Å². The summed E-state index contributed by atoms with van der Waals surface area (Å²) >= 11 is 0. The number of nitrogens with one attached hydrogen (secondary N) is 1. The number of hydrogen-bond acceptors (Lipinski definition) is 4. The van der Waals surface area contributed by atoms with Gasteiger partial charge in [0.25, 0.3) is 5.56 Å². The molecule has 1 amide bonds. The average Bonchev–Trinajstić information content (AvgIpc) is 3.81. The van der Waals surface area contributed by atoms with Crippen molar-refractivity contribution in [2.75, 3.05) is 0 Å². The maximum absolute atomic E-state index is 15.8. The van der Waals surface area contributed by atoms with Crippen molar-refractivity contribution in [1.82, 2.24) is 9.88 Å². The summed E-state index contributed by atoms with van der Waals surface area (Å²) in [4.78, 5) is 39.9. The number of rotatable bonds is 4. The van der Waals surface area contributed by atoms with Gasteiger partial charge in [-0.2, -0.15) is 13.2 Å². The Kier molecular flexibility index (Phi) is 7.69. The third-order valence-electron chi connectivity index (χ3n) is 8.34. The Hall–Kier alpha value is -5.00. The molecule has 0 unspecified atom stereocenters. The maximum Gasteiger partial charge on any atom is 0.416 e. The van der Waals surface area contributed by atoms with E-state index in [1.54, 1.807) is 31.2 Å². The standard InChI is InChI=1S/C34H27F5N2O5/c1-16-4-3-5-26-28(16)19-12-17(2)30(36)22(13-19)25(15-27(42)43)40-32(44)31(21-14-20(46-26)8-9-24(21)35)41-11-10-23(34(37,38)39)29(33(41)45)18-6-7-18/h3-5,8-14,18,25,31H,6-7,15H2,1-2H3,(H,40,44)(H,42,43)/t25-,31-/m0/s1. The van der Waals surface area contributed by atoms with Crippen LogP contribution in [0.2, 0.25) is 0 Å². The van der Waals surface area contributed by atoms with E-state index in [0.29, 0.717) is 40.2 Å². The van der Waals surface area contributed by atoms with Crippen molar-refractivity contribution in [2.24, 2.45) is 0 Å². The van der Waals surface area contributed by atoms with Crippen LogP contribution in [0, 0.1) is 25.5 Å². The summed E-state index contributed by atoms with van der Waals surface area (Å²) in [5, 5.41) is 12.2. The minimum Gasteiger partial charge on any atom is -0.481 e. The van der Waals surface area contributed by atoms with Gasteiger partial charge in [0.2, 0.25) is 5.91 Å². The number of halogens is 5. The van der Waals surface area contributed by atoms with Crippen LogP contribution in [0.3, 0.4) is 0 Å². The summed E-state index contributed by atoms with van der Waals surface area (Å²) in [5.41, 5.74) is -1.62. The molecule has 4 aromatic rings. The number of ether oxygens (including phenoxy) is 1. The number of amides is 1. The van der Waals surface area contributed by atoms with Crippen LogP contribution in [-0.2, 0) is 15.8 Å². The predicted octanol–water partition coefficient (Wildman–Crippen LogP) is 7.33. The van der Waals surface area contributed by atoms with Crippen molar-refractivity contribution in [3.63, 3.8) is 0 Å². The highest BCUT2D eigenvalue weighted by atomic mass is 19.4. The second-order valence-electron chi connectivity index (χ2n) is 11.6. The maximum atomic E-state index is 15.8. The molecule has 0 saturated heterocycles. The van der Waals surface area contributed by atoms with E-state index in [1.807, 2.05) is 0 Å². The number of benzene rings is 3. The average molecular weight is 639 g/mol. The minimum atomic E-state index is -4.86. The van der Waals surface area contributed by atoms with E-state index in [1.165, 1.54) is 19.1 Å². The monoisotopic (exact) mass is 638 g/mol. The van der Waals surface area contributed by atoms with E-state index in [-0.39, 0.29) is 22.6 Å². The molecule has 2 heterocycles. The summed E-state index contributed by atoms with van der Waals surface area (Å²) in [6, 6.07) is 8.75. The largest absolute Gasteiger partial charge is 0.481 e. The molecule has 0 spiro atoms. The second kappa shape index (κ2) is 11.4. The number of carboxylic acid groups (broad SMARTS) is 1. The van der Waals surface area contributed by atoms with Crippen LogP contribution < -0.4 is 15.6 Å². The molecule has 1 saturated carbocycles. The highest BCUT2D eigenvalue weighted by Crippen LogP contribution is 2.45. The van der Waals surface area contributed by atoms with Crippen molar-refractivity contribution in [2.45, 2.75) is 57.3 Å². The van der Waals surface area contributed by atoms with Crippen LogP contribution >= 0.6 is 0 Å². The fourth-order valence-corrected chi connectivity index (χ4v) is 6.08. The Morgan fingerprint density at radius 2 is 1.74 bits per heavy atom. The first-order valence-corrected chi connectivity index (χ1v) is 14.5. The van der Waals surface area contributed by atoms with Crippen molar-refractivity contribution in [1.29, 1.82) is 0 Å². The lowest BCUT2D eigenvalue weighted by molar-refractivity contribution is -0.139. The van der Waals surface area contributed by atoms with Crippen LogP contribution in [0.4, 0.5) is 22.0 Å². The quantitative estimate of drug-likeness (QED) is 0.228. The van der Waals surface area contributed by atoms with Crippen LogP contribution in [0.25, 0.3) is 11.1 Å². The molecule has 1 fully saturated rings. The molecule has 238 valence electrons. The lowest BCUT2D eigenvalue weighted by atomic mass is 9.92. The van der Waals surface area contributed by atoms with E-state index in [0.717, 1.165) is 18.3 Å². The number of aryl methyl sites for hydroxylation is 2. The van der Waals surface area contributed by atoms with E-state index in [2.05, 4.69) is 5.32 Å². The van der Waals surface area contributed by atoms with Crippen molar-refractivity contribution in [3.8, 4) is 22.6 Å². The number of carbonyl (C=O) groups excluding carboxylic acids is 1. The van der Waals surface area contributed by atoms with Crippen molar-refractivity contribution < 1.29 is 41.4 Å². The topological polar surface area (TPSA) is 97.6 Å². The molecule has 12 heteroatoms. The molecule has 46 heavy (non-hydrogen) atoms. The molecular formula is C34H27F5N2O5. The minimum absolute atomic E-state index is 0.0452. The van der Waals surface area contributed by atoms with Crippen LogP contribution in [0.1, 0.15) is 70.6 Å². The first kappa shape index (κ1) is 31.0. The van der Waals surface area contributed by atoms with Gasteiger partial charge >= 0.3 is 12.1 Å². The Labute approximate surface area is 259 Å². The number of nitrogens with zero attached hydrogens (tertiary/aromatic N) is 1. The number of aromatic nitrogens is 1. The molecule has 1 aromatic heterocycles. The number of fused-ring (bicyclic) bond motifs is 6. The number of aliphatic carboxylic acids is 1. The highest BCUT2D eigenvalue weighted by Gasteiger charge is 2.42. The molecule has 1 aliphatic heterocycles. The van der Waals surface area contributed by atoms with Gasteiger partial charge in [0.05, 0.1) is 18.0 Å². The first-order chi connectivity index (χ1) is 21.7. The number of carboxylic acids is 1. The fraction of sp³-hybridized carbons (Fsp3) is 0.265. The SMILES string of the molecule is Cc1cc2cc(c1F)[C@H](CC(=O)O)NC(=O)[C@@H](n1ccc(C(F)(F)F)c(C3CC3)c1=O)c1cc(ccc1F)Oc1cccc(C)c1-2.